The van der Waals surface area contributed by atoms with Crippen LogP contribution in [0.4, 0.5) is 0 Å². The van der Waals surface area contributed by atoms with Crippen LogP contribution in [0, 0.1) is 0 Å². The fourth-order valence-electron chi connectivity index (χ4n) is 2.51. The Kier molecular flexibility index (Phi) is 3.89. The highest BCUT2D eigenvalue weighted by molar-refractivity contribution is 5.96. The van der Waals surface area contributed by atoms with Gasteiger partial charge in [0, 0.05) is 11.5 Å². The molecule has 0 fully saturated rings. The fourth-order valence-corrected chi connectivity index (χ4v) is 2.51. The van der Waals surface area contributed by atoms with Gasteiger partial charge in [0.1, 0.15) is 0 Å². The van der Waals surface area contributed by atoms with Crippen molar-refractivity contribution in [3.63, 3.8) is 0 Å². The molecule has 0 aliphatic rings. The highest BCUT2D eigenvalue weighted by Crippen LogP contribution is 2.30. The minimum absolute atomic E-state index is 0.0653. The summed E-state index contributed by atoms with van der Waals surface area (Å²) in [7, 11) is 0. The van der Waals surface area contributed by atoms with Crippen molar-refractivity contribution in [3.8, 4) is 16.8 Å². The van der Waals surface area contributed by atoms with Gasteiger partial charge in [0.15, 0.2) is 5.82 Å². The summed E-state index contributed by atoms with van der Waals surface area (Å²) in [5, 5.41) is 21.4. The van der Waals surface area contributed by atoms with Crippen LogP contribution in [0.15, 0.2) is 48.5 Å². The molecule has 1 heterocycles. The van der Waals surface area contributed by atoms with Gasteiger partial charge in [-0.15, -0.1) is 5.10 Å². The number of carboxylic acid groups (broad SMARTS) is 1. The van der Waals surface area contributed by atoms with E-state index in [1.54, 1.807) is 12.1 Å². The van der Waals surface area contributed by atoms with E-state index in [0.717, 1.165) is 11.1 Å². The number of aromatic nitrogens is 4. The first-order valence-corrected chi connectivity index (χ1v) is 7.30. The van der Waals surface area contributed by atoms with Crippen molar-refractivity contribution in [3.05, 3.63) is 59.9 Å². The molecule has 0 unspecified atom stereocenters. The minimum atomic E-state index is -1.01. The SMILES string of the molecule is CC(C)c1nnnn1-c1c(C(=O)O)cccc1-c1ccccc1. The maximum atomic E-state index is 11.7. The molecular formula is C17H16N4O2. The second kappa shape index (κ2) is 6.00. The number of aromatic carboxylic acids is 1. The molecule has 0 aliphatic heterocycles. The monoisotopic (exact) mass is 308 g/mol. The fraction of sp³-hybridized carbons (Fsp3) is 0.176. The van der Waals surface area contributed by atoms with Crippen LogP contribution in [0.25, 0.3) is 16.8 Å². The Morgan fingerprint density at radius 2 is 1.83 bits per heavy atom. The number of carboxylic acids is 1. The van der Waals surface area contributed by atoms with Crippen LogP contribution in [-0.2, 0) is 0 Å². The molecule has 1 N–H and O–H groups in total. The van der Waals surface area contributed by atoms with E-state index in [2.05, 4.69) is 15.5 Å². The van der Waals surface area contributed by atoms with Crippen molar-refractivity contribution in [2.75, 3.05) is 0 Å². The van der Waals surface area contributed by atoms with Gasteiger partial charge in [-0.05, 0) is 22.1 Å². The Bertz CT molecular complexity index is 841. The topological polar surface area (TPSA) is 80.9 Å². The highest BCUT2D eigenvalue weighted by atomic mass is 16.4. The molecule has 6 nitrogen and oxygen atoms in total. The van der Waals surface area contributed by atoms with Crippen molar-refractivity contribution < 1.29 is 9.90 Å². The molecule has 0 bridgehead atoms. The van der Waals surface area contributed by atoms with Crippen molar-refractivity contribution in [2.45, 2.75) is 19.8 Å². The predicted octanol–water partition coefficient (Wildman–Crippen LogP) is 3.15. The number of rotatable bonds is 4. The summed E-state index contributed by atoms with van der Waals surface area (Å²) in [5.41, 5.74) is 2.34. The Balaban J connectivity index is 2.33. The molecule has 116 valence electrons. The zero-order valence-electron chi connectivity index (χ0n) is 12.8. The van der Waals surface area contributed by atoms with Gasteiger partial charge in [-0.25, -0.2) is 4.79 Å². The number of hydrogen-bond donors (Lipinski definition) is 1. The van der Waals surface area contributed by atoms with E-state index in [4.69, 9.17) is 0 Å². The van der Waals surface area contributed by atoms with Gasteiger partial charge in [0.05, 0.1) is 11.3 Å². The second-order valence-corrected chi connectivity index (χ2v) is 5.48. The van der Waals surface area contributed by atoms with Gasteiger partial charge in [0.2, 0.25) is 0 Å². The lowest BCUT2D eigenvalue weighted by atomic mass is 9.99. The van der Waals surface area contributed by atoms with Gasteiger partial charge in [-0.2, -0.15) is 4.68 Å². The first-order chi connectivity index (χ1) is 11.1. The highest BCUT2D eigenvalue weighted by Gasteiger charge is 2.21. The Morgan fingerprint density at radius 1 is 1.09 bits per heavy atom. The number of carbonyl (C=O) groups is 1. The number of tetrazole rings is 1. The summed E-state index contributed by atoms with van der Waals surface area (Å²) in [6.07, 6.45) is 0. The van der Waals surface area contributed by atoms with E-state index in [1.165, 1.54) is 4.68 Å². The van der Waals surface area contributed by atoms with E-state index in [9.17, 15) is 9.90 Å². The van der Waals surface area contributed by atoms with Gasteiger partial charge >= 0.3 is 5.97 Å². The third-order valence-corrected chi connectivity index (χ3v) is 3.57. The number of benzene rings is 2. The Morgan fingerprint density at radius 3 is 2.48 bits per heavy atom. The predicted molar refractivity (Wildman–Crippen MR) is 85.6 cm³/mol. The quantitative estimate of drug-likeness (QED) is 0.800. The van der Waals surface area contributed by atoms with Gasteiger partial charge in [-0.3, -0.25) is 0 Å². The molecular weight excluding hydrogens is 292 g/mol. The normalized spacial score (nSPS) is 10.9. The van der Waals surface area contributed by atoms with Gasteiger partial charge in [-0.1, -0.05) is 56.3 Å². The van der Waals surface area contributed by atoms with E-state index in [0.29, 0.717) is 11.5 Å². The third-order valence-electron chi connectivity index (χ3n) is 3.57. The average molecular weight is 308 g/mol. The Labute approximate surface area is 133 Å². The zero-order chi connectivity index (χ0) is 16.4. The molecule has 6 heteroatoms. The number of hydrogen-bond acceptors (Lipinski definition) is 4. The van der Waals surface area contributed by atoms with E-state index in [1.807, 2.05) is 50.2 Å². The summed E-state index contributed by atoms with van der Waals surface area (Å²) >= 11 is 0. The number of para-hydroxylation sites is 1. The molecule has 2 aromatic carbocycles. The van der Waals surface area contributed by atoms with Crippen LogP contribution in [-0.4, -0.2) is 31.3 Å². The minimum Gasteiger partial charge on any atom is -0.478 e. The Hall–Kier alpha value is -3.02. The molecule has 1 aromatic heterocycles. The van der Waals surface area contributed by atoms with Gasteiger partial charge in [0.25, 0.3) is 0 Å². The maximum Gasteiger partial charge on any atom is 0.337 e. The zero-order valence-corrected chi connectivity index (χ0v) is 12.8. The first-order valence-electron chi connectivity index (χ1n) is 7.30. The summed E-state index contributed by atoms with van der Waals surface area (Å²) in [4.78, 5) is 11.7. The molecule has 0 saturated heterocycles. The first kappa shape index (κ1) is 14.9. The van der Waals surface area contributed by atoms with Crippen LogP contribution < -0.4 is 0 Å². The molecule has 3 rings (SSSR count). The molecule has 0 spiro atoms. The standard InChI is InChI=1S/C17H16N4O2/c1-11(2)16-18-19-20-21(16)15-13(12-7-4-3-5-8-12)9-6-10-14(15)17(22)23/h3-11H,1-2H3,(H,22,23). The lowest BCUT2D eigenvalue weighted by Gasteiger charge is -2.15. The smallest absolute Gasteiger partial charge is 0.337 e. The molecule has 0 radical (unpaired) electrons. The maximum absolute atomic E-state index is 11.7. The largest absolute Gasteiger partial charge is 0.478 e. The molecule has 0 aliphatic carbocycles. The van der Waals surface area contributed by atoms with Crippen molar-refractivity contribution in [1.82, 2.24) is 20.2 Å². The van der Waals surface area contributed by atoms with E-state index >= 15 is 0 Å². The molecule has 3 aromatic rings. The summed E-state index contributed by atoms with van der Waals surface area (Å²) in [5.74, 6) is -0.325. The van der Waals surface area contributed by atoms with Gasteiger partial charge < -0.3 is 5.11 Å². The van der Waals surface area contributed by atoms with Crippen LogP contribution in [0.3, 0.4) is 0 Å². The molecule has 0 atom stereocenters. The lowest BCUT2D eigenvalue weighted by molar-refractivity contribution is 0.0696. The van der Waals surface area contributed by atoms with Crippen LogP contribution >= 0.6 is 0 Å². The second-order valence-electron chi connectivity index (χ2n) is 5.48. The summed E-state index contributed by atoms with van der Waals surface area (Å²) < 4.78 is 1.52. The van der Waals surface area contributed by atoms with Crippen LogP contribution in [0.1, 0.15) is 35.9 Å². The van der Waals surface area contributed by atoms with E-state index < -0.39 is 5.97 Å². The van der Waals surface area contributed by atoms with Crippen molar-refractivity contribution in [1.29, 1.82) is 0 Å². The van der Waals surface area contributed by atoms with Crippen molar-refractivity contribution >= 4 is 5.97 Å². The average Bonchev–Trinajstić information content (AvgIpc) is 3.04. The summed E-state index contributed by atoms with van der Waals surface area (Å²) in [6.45, 7) is 3.93. The lowest BCUT2D eigenvalue weighted by Crippen LogP contribution is -2.12. The van der Waals surface area contributed by atoms with Crippen LogP contribution in [0.5, 0.6) is 0 Å². The molecule has 0 saturated carbocycles. The number of nitrogens with zero attached hydrogens (tertiary/aromatic N) is 4. The third kappa shape index (κ3) is 2.70. The summed E-state index contributed by atoms with van der Waals surface area (Å²) in [6, 6.07) is 14.8. The molecule has 0 amide bonds. The molecule has 23 heavy (non-hydrogen) atoms. The van der Waals surface area contributed by atoms with E-state index in [-0.39, 0.29) is 11.5 Å². The van der Waals surface area contributed by atoms with Crippen molar-refractivity contribution in [2.24, 2.45) is 0 Å². The van der Waals surface area contributed by atoms with Crippen LogP contribution in [0.2, 0.25) is 0 Å².